The van der Waals surface area contributed by atoms with Crippen molar-refractivity contribution in [2.45, 2.75) is 19.6 Å². The number of aryl methyl sites for hydroxylation is 1. The van der Waals surface area contributed by atoms with Crippen LogP contribution in [0.5, 0.6) is 0 Å². The molecule has 1 amide bonds. The number of aromatic nitrogens is 1. The summed E-state index contributed by atoms with van der Waals surface area (Å²) in [6.07, 6.45) is -2.81. The summed E-state index contributed by atoms with van der Waals surface area (Å²) < 4.78 is 43.6. The molecule has 0 unspecified atom stereocenters. The van der Waals surface area contributed by atoms with E-state index >= 15 is 0 Å². The van der Waals surface area contributed by atoms with E-state index in [0.29, 0.717) is 10.0 Å². The molecule has 1 heterocycles. The predicted octanol–water partition coefficient (Wildman–Crippen LogP) is 5.82. The fraction of sp³-hybridized carbons (Fsp3) is 0.200. The van der Waals surface area contributed by atoms with Crippen molar-refractivity contribution < 1.29 is 18.0 Å². The predicted molar refractivity (Wildman–Crippen MR) is 112 cm³/mol. The number of para-hydroxylation sites is 1. The molecule has 152 valence electrons. The number of nitrogens with zero attached hydrogens (tertiary/aromatic N) is 2. The third-order valence-corrected chi connectivity index (χ3v) is 5.49. The first-order valence-corrected chi connectivity index (χ1v) is 10.6. The van der Waals surface area contributed by atoms with Crippen LogP contribution in [0, 0.1) is 6.92 Å². The summed E-state index contributed by atoms with van der Waals surface area (Å²) in [7, 11) is 0. The van der Waals surface area contributed by atoms with Crippen molar-refractivity contribution in [1.29, 1.82) is 0 Å². The van der Waals surface area contributed by atoms with Crippen molar-refractivity contribution in [3.63, 3.8) is 0 Å². The Morgan fingerprint density at radius 2 is 1.79 bits per heavy atom. The fourth-order valence-electron chi connectivity index (χ4n) is 2.82. The van der Waals surface area contributed by atoms with E-state index < -0.39 is 11.7 Å². The van der Waals surface area contributed by atoms with Gasteiger partial charge in [0, 0.05) is 11.1 Å². The zero-order chi connectivity index (χ0) is 21.0. The molecule has 1 N–H and O–H groups in total. The number of rotatable bonds is 6. The topological polar surface area (TPSA) is 45.2 Å². The molecule has 0 aliphatic carbocycles. The van der Waals surface area contributed by atoms with Crippen molar-refractivity contribution in [3.05, 3.63) is 76.3 Å². The van der Waals surface area contributed by atoms with Gasteiger partial charge in [-0.15, -0.1) is 11.3 Å². The smallest absolute Gasteiger partial charge is 0.313 e. The van der Waals surface area contributed by atoms with Crippen LogP contribution in [0.4, 0.5) is 24.0 Å². The monoisotopic (exact) mass is 437 g/mol. The normalized spacial score (nSPS) is 11.3. The molecule has 0 fully saturated rings. The molecule has 0 atom stereocenters. The van der Waals surface area contributed by atoms with Crippen LogP contribution in [0.25, 0.3) is 0 Å². The maximum absolute atomic E-state index is 13.7. The average Bonchev–Trinajstić information content (AvgIpc) is 3.08. The second-order valence-corrected chi connectivity index (χ2v) is 7.92. The number of amides is 1. The number of benzene rings is 2. The zero-order valence-corrected chi connectivity index (χ0v) is 17.3. The van der Waals surface area contributed by atoms with Gasteiger partial charge >= 0.3 is 6.18 Å². The highest BCUT2D eigenvalue weighted by atomic mass is 32.2. The first-order valence-electron chi connectivity index (χ1n) is 8.59. The Bertz CT molecular complexity index is 990. The van der Waals surface area contributed by atoms with Gasteiger partial charge in [-0.05, 0) is 24.6 Å². The van der Waals surface area contributed by atoms with Crippen LogP contribution >= 0.6 is 23.3 Å². The Kier molecular flexibility index (Phi) is 6.49. The maximum atomic E-state index is 13.7. The minimum atomic E-state index is -4.52. The summed E-state index contributed by atoms with van der Waals surface area (Å²) >= 11 is 2.33. The number of anilines is 2. The van der Waals surface area contributed by atoms with Crippen LogP contribution in [0.15, 0.2) is 54.6 Å². The summed E-state index contributed by atoms with van der Waals surface area (Å²) in [5, 5.41) is 0.328. The van der Waals surface area contributed by atoms with Crippen molar-refractivity contribution >= 4 is 40.0 Å². The SMILES string of the molecule is CSNC(=O)c1nc(N(Cc2ccccc2)c2ccccc2C(F)(F)F)sc1C. The Morgan fingerprint density at radius 1 is 1.14 bits per heavy atom. The highest BCUT2D eigenvalue weighted by Crippen LogP contribution is 2.41. The van der Waals surface area contributed by atoms with Gasteiger partial charge in [0.25, 0.3) is 5.91 Å². The third kappa shape index (κ3) is 4.91. The number of thiazole rings is 1. The Balaban J connectivity index is 2.11. The van der Waals surface area contributed by atoms with Gasteiger partial charge in [-0.2, -0.15) is 13.2 Å². The van der Waals surface area contributed by atoms with Crippen LogP contribution in [0.1, 0.15) is 26.5 Å². The molecule has 0 spiro atoms. The molecular formula is C20H18F3N3OS2. The summed E-state index contributed by atoms with van der Waals surface area (Å²) in [5.74, 6) is -0.374. The van der Waals surface area contributed by atoms with Gasteiger partial charge in [0.2, 0.25) is 0 Å². The van der Waals surface area contributed by atoms with E-state index in [1.54, 1.807) is 19.2 Å². The van der Waals surface area contributed by atoms with Crippen molar-refractivity contribution in [3.8, 4) is 0 Å². The molecular weight excluding hydrogens is 419 g/mol. The fourth-order valence-corrected chi connectivity index (χ4v) is 4.02. The molecule has 1 aromatic heterocycles. The summed E-state index contributed by atoms with van der Waals surface area (Å²) in [6, 6.07) is 14.6. The van der Waals surface area contributed by atoms with Gasteiger partial charge < -0.3 is 4.90 Å². The number of carbonyl (C=O) groups is 1. The molecule has 0 saturated carbocycles. The van der Waals surface area contributed by atoms with Crippen molar-refractivity contribution in [2.24, 2.45) is 0 Å². The molecule has 0 bridgehead atoms. The van der Waals surface area contributed by atoms with Gasteiger partial charge in [-0.25, -0.2) is 4.98 Å². The minimum Gasteiger partial charge on any atom is -0.313 e. The van der Waals surface area contributed by atoms with E-state index in [1.807, 2.05) is 30.3 Å². The van der Waals surface area contributed by atoms with Crippen molar-refractivity contribution in [1.82, 2.24) is 9.71 Å². The molecule has 4 nitrogen and oxygen atoms in total. The highest BCUT2D eigenvalue weighted by Gasteiger charge is 2.35. The zero-order valence-electron chi connectivity index (χ0n) is 15.7. The lowest BCUT2D eigenvalue weighted by Gasteiger charge is -2.25. The lowest BCUT2D eigenvalue weighted by atomic mass is 10.1. The second-order valence-electron chi connectivity index (χ2n) is 6.12. The van der Waals surface area contributed by atoms with Gasteiger partial charge in [0.15, 0.2) is 5.13 Å². The molecule has 0 aliphatic rings. The third-order valence-electron chi connectivity index (χ3n) is 4.11. The van der Waals surface area contributed by atoms with Gasteiger partial charge in [0.1, 0.15) is 5.69 Å². The number of halogens is 3. The summed E-state index contributed by atoms with van der Waals surface area (Å²) in [4.78, 5) is 18.8. The lowest BCUT2D eigenvalue weighted by Crippen LogP contribution is -2.21. The van der Waals surface area contributed by atoms with E-state index in [9.17, 15) is 18.0 Å². The molecule has 3 rings (SSSR count). The summed E-state index contributed by atoms with van der Waals surface area (Å²) in [6.45, 7) is 1.91. The van der Waals surface area contributed by atoms with Gasteiger partial charge in [-0.1, -0.05) is 54.4 Å². The summed E-state index contributed by atoms with van der Waals surface area (Å²) in [5.41, 5.74) is 0.280. The van der Waals surface area contributed by atoms with Crippen LogP contribution in [0.2, 0.25) is 0 Å². The van der Waals surface area contributed by atoms with Crippen LogP contribution in [-0.4, -0.2) is 17.1 Å². The Hall–Kier alpha value is -2.52. The Labute approximate surface area is 174 Å². The molecule has 9 heteroatoms. The first kappa shape index (κ1) is 21.2. The number of hydrogen-bond donors (Lipinski definition) is 1. The Morgan fingerprint density at radius 3 is 2.45 bits per heavy atom. The maximum Gasteiger partial charge on any atom is 0.418 e. The molecule has 0 saturated heterocycles. The number of hydrogen-bond acceptors (Lipinski definition) is 5. The standard InChI is InChI=1S/C20H18F3N3OS2/c1-13-17(18(27)25-28-2)24-19(29-13)26(12-14-8-4-3-5-9-14)16-11-7-6-10-15(16)20(21,22)23/h3-11H,12H2,1-2H3,(H,25,27). The van der Waals surface area contributed by atoms with Crippen LogP contribution in [-0.2, 0) is 12.7 Å². The van der Waals surface area contributed by atoms with E-state index in [2.05, 4.69) is 9.71 Å². The molecule has 0 radical (unpaired) electrons. The molecule has 0 aliphatic heterocycles. The molecule has 29 heavy (non-hydrogen) atoms. The van der Waals surface area contributed by atoms with E-state index in [4.69, 9.17) is 0 Å². The van der Waals surface area contributed by atoms with Gasteiger partial charge in [0.05, 0.1) is 17.8 Å². The van der Waals surface area contributed by atoms with Crippen molar-refractivity contribution in [2.75, 3.05) is 11.2 Å². The number of nitrogens with one attached hydrogen (secondary N) is 1. The highest BCUT2D eigenvalue weighted by molar-refractivity contribution is 7.97. The van der Waals surface area contributed by atoms with E-state index in [0.717, 1.165) is 23.6 Å². The average molecular weight is 438 g/mol. The van der Waals surface area contributed by atoms with E-state index in [-0.39, 0.29) is 23.8 Å². The molecule has 3 aromatic rings. The quantitative estimate of drug-likeness (QED) is 0.494. The lowest BCUT2D eigenvalue weighted by molar-refractivity contribution is -0.137. The number of alkyl halides is 3. The molecule has 2 aromatic carbocycles. The first-order chi connectivity index (χ1) is 13.8. The number of carbonyl (C=O) groups excluding carboxylic acids is 1. The van der Waals surface area contributed by atoms with Crippen LogP contribution < -0.4 is 9.62 Å². The van der Waals surface area contributed by atoms with E-state index in [1.165, 1.54) is 28.4 Å². The van der Waals surface area contributed by atoms with Gasteiger partial charge in [-0.3, -0.25) is 9.52 Å². The largest absolute Gasteiger partial charge is 0.418 e. The van der Waals surface area contributed by atoms with Crippen LogP contribution in [0.3, 0.4) is 0 Å². The minimum absolute atomic E-state index is 0.00516. The second kappa shape index (κ2) is 8.87.